The largest absolute Gasteiger partial charge is 0.286 e. The molecule has 0 heterocycles. The van der Waals surface area contributed by atoms with E-state index in [2.05, 4.69) is 0 Å². The van der Waals surface area contributed by atoms with Crippen molar-refractivity contribution in [2.75, 3.05) is 60.0 Å². The second-order valence-corrected chi connectivity index (χ2v) is 22.1. The summed E-state index contributed by atoms with van der Waals surface area (Å²) >= 11 is 0. The molecule has 0 bridgehead atoms. The van der Waals surface area contributed by atoms with Gasteiger partial charge in [-0.05, 0) is 94.8 Å². The van der Waals surface area contributed by atoms with Crippen molar-refractivity contribution in [1.82, 2.24) is 0 Å². The molecule has 12 nitrogen and oxygen atoms in total. The van der Waals surface area contributed by atoms with Gasteiger partial charge in [0.25, 0.3) is 40.5 Å². The zero-order chi connectivity index (χ0) is 31.4. The normalized spacial score (nSPS) is 13.4. The first-order valence-electron chi connectivity index (χ1n) is 14.1. The number of unbranched alkanes of at least 4 members (excludes halogenated alkanes) is 8. The van der Waals surface area contributed by atoms with E-state index < -0.39 is 40.5 Å². The molecule has 0 saturated carbocycles. The molecule has 4 N–H and O–H groups in total. The number of rotatable bonds is 28. The van der Waals surface area contributed by atoms with Gasteiger partial charge in [-0.15, -0.1) is 15.8 Å². The molecule has 0 aromatic rings. The zero-order valence-corrected chi connectivity index (χ0v) is 28.9. The molecular formula is C23H50O12P2S4. The van der Waals surface area contributed by atoms with Crippen molar-refractivity contribution in [3.63, 3.8) is 0 Å². The van der Waals surface area contributed by atoms with Crippen molar-refractivity contribution < 1.29 is 51.9 Å². The summed E-state index contributed by atoms with van der Waals surface area (Å²) in [5, 5.41) is 0. The van der Waals surface area contributed by atoms with Crippen LogP contribution in [0.25, 0.3) is 0 Å². The first-order valence-corrected chi connectivity index (χ1v) is 24.3. The summed E-state index contributed by atoms with van der Waals surface area (Å²) in [6.07, 6.45) is 14.7. The quantitative estimate of drug-likeness (QED) is 0.0499. The molecule has 0 amide bonds. The maximum atomic E-state index is 10.9. The lowest BCUT2D eigenvalue weighted by atomic mass is 10.3. The van der Waals surface area contributed by atoms with Crippen LogP contribution in [0.15, 0.2) is 0 Å². The number of hydrogen-bond acceptors (Lipinski definition) is 8. The second-order valence-electron chi connectivity index (χ2n) is 10.4. The van der Waals surface area contributed by atoms with Gasteiger partial charge >= 0.3 is 0 Å². The summed E-state index contributed by atoms with van der Waals surface area (Å²) in [5.41, 5.74) is 0. The first-order chi connectivity index (χ1) is 18.9. The minimum Gasteiger partial charge on any atom is -0.286 e. The molecule has 0 fully saturated rings. The van der Waals surface area contributed by atoms with Crippen LogP contribution in [0.4, 0.5) is 0 Å². The fraction of sp³-hybridized carbons (Fsp3) is 1.00. The Morgan fingerprint density at radius 3 is 0.683 bits per heavy atom. The summed E-state index contributed by atoms with van der Waals surface area (Å²) < 4.78 is 123. The molecule has 248 valence electrons. The van der Waals surface area contributed by atoms with Gasteiger partial charge in [-0.3, -0.25) is 18.2 Å². The lowest BCUT2D eigenvalue weighted by molar-refractivity contribution is 0.477. The fourth-order valence-electron chi connectivity index (χ4n) is 4.38. The van der Waals surface area contributed by atoms with Crippen molar-refractivity contribution >= 4 is 56.3 Å². The fourth-order valence-corrected chi connectivity index (χ4v) is 12.1. The Hall–Kier alpha value is 0.500. The molecule has 0 aliphatic carbocycles. The second kappa shape index (κ2) is 22.1. The van der Waals surface area contributed by atoms with Crippen molar-refractivity contribution in [3.05, 3.63) is 0 Å². The third-order valence-corrected chi connectivity index (χ3v) is 15.4. The molecule has 0 unspecified atom stereocenters. The van der Waals surface area contributed by atoms with E-state index in [1.54, 1.807) is 0 Å². The lowest BCUT2D eigenvalue weighted by Gasteiger charge is -2.21. The molecule has 0 aromatic carbocycles. The molecule has 0 radical (unpaired) electrons. The van der Waals surface area contributed by atoms with Gasteiger partial charge in [-0.25, -0.2) is 0 Å². The molecular weight excluding hydrogens is 658 g/mol. The summed E-state index contributed by atoms with van der Waals surface area (Å²) in [6, 6.07) is 0. The van der Waals surface area contributed by atoms with E-state index in [0.717, 1.165) is 69.1 Å². The molecule has 0 atom stereocenters. The monoisotopic (exact) mass is 708 g/mol. The van der Waals surface area contributed by atoms with Crippen molar-refractivity contribution in [1.29, 1.82) is 0 Å². The highest BCUT2D eigenvalue weighted by atomic mass is 32.2. The van der Waals surface area contributed by atoms with Crippen LogP contribution in [-0.2, 0) is 40.5 Å². The van der Waals surface area contributed by atoms with E-state index >= 15 is 0 Å². The Balaban J connectivity index is 4.81. The predicted octanol–water partition coefficient (Wildman–Crippen LogP) is 4.57. The number of hydrogen-bond donors (Lipinski definition) is 4. The Morgan fingerprint density at radius 2 is 0.488 bits per heavy atom. The predicted molar refractivity (Wildman–Crippen MR) is 169 cm³/mol. The lowest BCUT2D eigenvalue weighted by Crippen LogP contribution is -2.06. The molecule has 0 spiro atoms. The third-order valence-electron chi connectivity index (χ3n) is 6.46. The van der Waals surface area contributed by atoms with Crippen molar-refractivity contribution in [3.8, 4) is 0 Å². The minimum absolute atomic E-state index is 0.251. The molecule has 0 aromatic heterocycles. The molecule has 18 heteroatoms. The smallest absolute Gasteiger partial charge is 0.264 e. The standard InChI is InChI=1S/C23H50O12P2S4/c24-38(25,26)20-9-1-5-14-36(15-6-2-10-21-39(27,28)29)18-13-19-37(16-7-3-11-22-40(30,31)32)17-8-4-12-23-41(33,34)35/h1-23H2,(H,24,25,26)(H,27,28,29)(H,30,31,32)(H,33,34,35). The third kappa shape index (κ3) is 33.2. The van der Waals surface area contributed by atoms with Gasteiger partial charge in [-0.1, -0.05) is 25.7 Å². The summed E-state index contributed by atoms with van der Waals surface area (Å²) in [5.74, 6) is -1.00. The highest BCUT2D eigenvalue weighted by Gasteiger charge is 2.14. The van der Waals surface area contributed by atoms with E-state index in [9.17, 15) is 33.7 Å². The SMILES string of the molecule is O=S(=O)(O)CCCCCP(CCCCCS(=O)(=O)O)CCCP(CCCCCS(=O)(=O)O)CCCCCS(=O)(=O)O. The van der Waals surface area contributed by atoms with E-state index in [1.165, 1.54) is 0 Å². The van der Waals surface area contributed by atoms with Crippen LogP contribution < -0.4 is 0 Å². The first kappa shape index (κ1) is 41.5. The van der Waals surface area contributed by atoms with E-state index in [4.69, 9.17) is 18.2 Å². The average molecular weight is 709 g/mol. The van der Waals surface area contributed by atoms with Crippen LogP contribution in [0.1, 0.15) is 83.5 Å². The Bertz CT molecular complexity index is 939. The molecule has 0 rings (SSSR count). The molecule has 0 saturated heterocycles. The molecule has 41 heavy (non-hydrogen) atoms. The van der Waals surface area contributed by atoms with Gasteiger partial charge < -0.3 is 0 Å². The van der Waals surface area contributed by atoms with Crippen LogP contribution in [0, 0.1) is 0 Å². The summed E-state index contributed by atoms with van der Waals surface area (Å²) in [7, 11) is -16.6. The molecule has 0 aliphatic heterocycles. The summed E-state index contributed by atoms with van der Waals surface area (Å²) in [6.45, 7) is 0. The van der Waals surface area contributed by atoms with E-state index in [1.807, 2.05) is 0 Å². The minimum atomic E-state index is -3.97. The highest BCUT2D eigenvalue weighted by Crippen LogP contribution is 2.43. The topological polar surface area (TPSA) is 217 Å². The maximum Gasteiger partial charge on any atom is 0.264 e. The van der Waals surface area contributed by atoms with Crippen LogP contribution in [-0.4, -0.2) is 112 Å². The van der Waals surface area contributed by atoms with Crippen LogP contribution in [0.2, 0.25) is 0 Å². The van der Waals surface area contributed by atoms with Gasteiger partial charge in [0.1, 0.15) is 0 Å². The van der Waals surface area contributed by atoms with Gasteiger partial charge in [0.15, 0.2) is 0 Å². The highest BCUT2D eigenvalue weighted by molar-refractivity contribution is 7.86. The average Bonchev–Trinajstić information content (AvgIpc) is 2.79. The van der Waals surface area contributed by atoms with Crippen LogP contribution in [0.5, 0.6) is 0 Å². The van der Waals surface area contributed by atoms with E-state index in [-0.39, 0.29) is 38.9 Å². The molecule has 0 aliphatic rings. The van der Waals surface area contributed by atoms with Crippen LogP contribution in [0.3, 0.4) is 0 Å². The van der Waals surface area contributed by atoms with Gasteiger partial charge in [0.2, 0.25) is 0 Å². The van der Waals surface area contributed by atoms with E-state index in [0.29, 0.717) is 51.4 Å². The Kier molecular flexibility index (Phi) is 22.3. The Labute approximate surface area is 250 Å². The van der Waals surface area contributed by atoms with Crippen molar-refractivity contribution in [2.24, 2.45) is 0 Å². The van der Waals surface area contributed by atoms with Gasteiger partial charge in [0.05, 0.1) is 23.0 Å². The zero-order valence-electron chi connectivity index (χ0n) is 23.8. The van der Waals surface area contributed by atoms with Crippen LogP contribution >= 0.6 is 15.8 Å². The van der Waals surface area contributed by atoms with Gasteiger partial charge in [0, 0.05) is 0 Å². The van der Waals surface area contributed by atoms with Gasteiger partial charge in [-0.2, -0.15) is 33.7 Å². The maximum absolute atomic E-state index is 10.9. The van der Waals surface area contributed by atoms with Crippen molar-refractivity contribution in [2.45, 2.75) is 83.5 Å². The summed E-state index contributed by atoms with van der Waals surface area (Å²) in [4.78, 5) is 0. The Morgan fingerprint density at radius 1 is 0.293 bits per heavy atom.